The van der Waals surface area contributed by atoms with Crippen molar-refractivity contribution in [3.05, 3.63) is 41.5 Å². The maximum absolute atomic E-state index is 11.1. The van der Waals surface area contributed by atoms with Gasteiger partial charge >= 0.3 is 0 Å². The molecular weight excluding hydrogens is 224 g/mol. The van der Waals surface area contributed by atoms with Crippen LogP contribution in [0.25, 0.3) is 10.8 Å². The molecule has 0 unspecified atom stereocenters. The van der Waals surface area contributed by atoms with E-state index in [9.17, 15) is 13.0 Å². The normalized spacial score (nSPS) is 11.9. The molecule has 4 heteroatoms. The predicted octanol–water partition coefficient (Wildman–Crippen LogP) is 2.36. The summed E-state index contributed by atoms with van der Waals surface area (Å²) >= 11 is 0. The molecule has 3 nitrogen and oxygen atoms in total. The molecule has 0 aromatic heterocycles. The minimum absolute atomic E-state index is 0.142. The maximum Gasteiger partial charge on any atom is 0.125 e. The van der Waals surface area contributed by atoms with Crippen LogP contribution in [0.1, 0.15) is 11.1 Å². The van der Waals surface area contributed by atoms with E-state index in [4.69, 9.17) is 0 Å². The monoisotopic (exact) mass is 235 g/mol. The van der Waals surface area contributed by atoms with E-state index in [1.807, 2.05) is 19.9 Å². The lowest BCUT2D eigenvalue weighted by molar-refractivity contribution is 0.464. The lowest BCUT2D eigenvalue weighted by Crippen LogP contribution is -2.00. The molecule has 0 aliphatic rings. The van der Waals surface area contributed by atoms with E-state index in [1.54, 1.807) is 18.2 Å². The number of rotatable bonds is 1. The largest absolute Gasteiger partial charge is 0.744 e. The number of benzene rings is 2. The predicted molar refractivity (Wildman–Crippen MR) is 61.4 cm³/mol. The van der Waals surface area contributed by atoms with Gasteiger partial charge < -0.3 is 4.55 Å². The van der Waals surface area contributed by atoms with Gasteiger partial charge in [0.15, 0.2) is 0 Å². The van der Waals surface area contributed by atoms with Gasteiger partial charge in [-0.3, -0.25) is 0 Å². The molecule has 16 heavy (non-hydrogen) atoms. The van der Waals surface area contributed by atoms with Crippen LogP contribution in [0.3, 0.4) is 0 Å². The van der Waals surface area contributed by atoms with Crippen molar-refractivity contribution in [2.24, 2.45) is 0 Å². The van der Waals surface area contributed by atoms with Gasteiger partial charge in [-0.1, -0.05) is 24.3 Å². The van der Waals surface area contributed by atoms with E-state index in [0.29, 0.717) is 5.39 Å². The van der Waals surface area contributed by atoms with Gasteiger partial charge in [0.25, 0.3) is 0 Å². The zero-order valence-electron chi connectivity index (χ0n) is 9.02. The summed E-state index contributed by atoms with van der Waals surface area (Å²) in [5.41, 5.74) is 1.95. The Hall–Kier alpha value is -1.39. The highest BCUT2D eigenvalue weighted by atomic mass is 32.2. The SMILES string of the molecule is Cc1cccc2c(S(=O)(=O)[O-])ccc(C)c12. The van der Waals surface area contributed by atoms with Gasteiger partial charge in [-0.05, 0) is 41.8 Å². The van der Waals surface area contributed by atoms with E-state index in [0.717, 1.165) is 16.5 Å². The lowest BCUT2D eigenvalue weighted by atomic mass is 10.0. The van der Waals surface area contributed by atoms with Crippen molar-refractivity contribution in [3.63, 3.8) is 0 Å². The Morgan fingerprint density at radius 2 is 1.62 bits per heavy atom. The summed E-state index contributed by atoms with van der Waals surface area (Å²) in [6.45, 7) is 3.80. The van der Waals surface area contributed by atoms with Crippen LogP contribution >= 0.6 is 0 Å². The van der Waals surface area contributed by atoms with Crippen LogP contribution in [0.2, 0.25) is 0 Å². The van der Waals surface area contributed by atoms with Gasteiger partial charge in [-0.2, -0.15) is 0 Å². The third-order valence-electron chi connectivity index (χ3n) is 2.69. The molecule has 84 valence electrons. The van der Waals surface area contributed by atoms with Gasteiger partial charge in [0.05, 0.1) is 4.90 Å². The standard InChI is InChI=1S/C12H12O3S/c1-8-4-3-5-10-11(16(13,14)15)7-6-9(2)12(8)10/h3-7H,1-2H3,(H,13,14,15)/p-1. The summed E-state index contributed by atoms with van der Waals surface area (Å²) < 4.78 is 33.3. The highest BCUT2D eigenvalue weighted by molar-refractivity contribution is 7.86. The molecule has 0 amide bonds. The fourth-order valence-corrected chi connectivity index (χ4v) is 2.66. The Balaban J connectivity index is 3.02. The van der Waals surface area contributed by atoms with Crippen molar-refractivity contribution in [2.75, 3.05) is 0 Å². The molecule has 2 rings (SSSR count). The zero-order chi connectivity index (χ0) is 11.9. The quantitative estimate of drug-likeness (QED) is 0.713. The van der Waals surface area contributed by atoms with E-state index in [2.05, 4.69) is 0 Å². The van der Waals surface area contributed by atoms with E-state index < -0.39 is 10.1 Å². The Morgan fingerprint density at radius 3 is 2.25 bits per heavy atom. The fraction of sp³-hybridized carbons (Fsp3) is 0.167. The van der Waals surface area contributed by atoms with Crippen molar-refractivity contribution in [1.82, 2.24) is 0 Å². The molecule has 0 aliphatic heterocycles. The molecule has 0 fully saturated rings. The summed E-state index contributed by atoms with van der Waals surface area (Å²) in [7, 11) is -4.41. The first kappa shape index (κ1) is 11.1. The Bertz CT molecular complexity index is 649. The van der Waals surface area contributed by atoms with Crippen LogP contribution in [0.15, 0.2) is 35.2 Å². The van der Waals surface area contributed by atoms with Crippen LogP contribution in [-0.2, 0) is 10.1 Å². The average molecular weight is 235 g/mol. The topological polar surface area (TPSA) is 57.2 Å². The van der Waals surface area contributed by atoms with Crippen molar-refractivity contribution in [3.8, 4) is 0 Å². The third-order valence-corrected chi connectivity index (χ3v) is 3.58. The van der Waals surface area contributed by atoms with Crippen LogP contribution in [0, 0.1) is 13.8 Å². The minimum Gasteiger partial charge on any atom is -0.744 e. The molecule has 0 aliphatic carbocycles. The Kier molecular flexibility index (Phi) is 2.48. The molecular formula is C12H11O3S-. The van der Waals surface area contributed by atoms with Gasteiger partial charge in [-0.15, -0.1) is 0 Å². The van der Waals surface area contributed by atoms with Crippen molar-refractivity contribution in [2.45, 2.75) is 18.7 Å². The molecule has 0 saturated carbocycles. The Labute approximate surface area is 94.5 Å². The summed E-state index contributed by atoms with van der Waals surface area (Å²) in [6.07, 6.45) is 0. The summed E-state index contributed by atoms with van der Waals surface area (Å²) in [4.78, 5) is -0.142. The third kappa shape index (κ3) is 1.70. The minimum atomic E-state index is -4.41. The van der Waals surface area contributed by atoms with E-state index in [1.165, 1.54) is 6.07 Å². The van der Waals surface area contributed by atoms with E-state index in [-0.39, 0.29) is 4.90 Å². The van der Waals surface area contributed by atoms with Gasteiger partial charge in [0.2, 0.25) is 0 Å². The number of aryl methyl sites for hydroxylation is 2. The maximum atomic E-state index is 11.1. The van der Waals surface area contributed by atoms with Crippen LogP contribution < -0.4 is 0 Å². The van der Waals surface area contributed by atoms with Crippen LogP contribution in [0.5, 0.6) is 0 Å². The second kappa shape index (κ2) is 3.57. The summed E-state index contributed by atoms with van der Waals surface area (Å²) in [5, 5.41) is 1.36. The molecule has 2 aromatic carbocycles. The van der Waals surface area contributed by atoms with Crippen LogP contribution in [-0.4, -0.2) is 13.0 Å². The zero-order valence-corrected chi connectivity index (χ0v) is 9.84. The second-order valence-corrected chi connectivity index (χ2v) is 5.18. The number of hydrogen-bond donors (Lipinski definition) is 0. The smallest absolute Gasteiger partial charge is 0.125 e. The fourth-order valence-electron chi connectivity index (χ4n) is 1.99. The Morgan fingerprint density at radius 1 is 1.00 bits per heavy atom. The van der Waals surface area contributed by atoms with Gasteiger partial charge in [0.1, 0.15) is 10.1 Å². The average Bonchev–Trinajstić information content (AvgIpc) is 2.16. The second-order valence-electron chi connectivity index (χ2n) is 3.83. The highest BCUT2D eigenvalue weighted by Gasteiger charge is 2.09. The molecule has 2 aromatic rings. The first-order chi connectivity index (χ1) is 7.41. The van der Waals surface area contributed by atoms with E-state index >= 15 is 0 Å². The van der Waals surface area contributed by atoms with Crippen molar-refractivity contribution in [1.29, 1.82) is 0 Å². The van der Waals surface area contributed by atoms with Gasteiger partial charge in [-0.25, -0.2) is 8.42 Å². The molecule has 0 atom stereocenters. The highest BCUT2D eigenvalue weighted by Crippen LogP contribution is 2.28. The summed E-state index contributed by atoms with van der Waals surface area (Å²) in [5.74, 6) is 0. The molecule has 0 bridgehead atoms. The summed E-state index contributed by atoms with van der Waals surface area (Å²) in [6, 6.07) is 8.36. The lowest BCUT2D eigenvalue weighted by Gasteiger charge is -2.13. The number of hydrogen-bond acceptors (Lipinski definition) is 3. The molecule has 0 spiro atoms. The first-order valence-electron chi connectivity index (χ1n) is 4.86. The van der Waals surface area contributed by atoms with Crippen molar-refractivity contribution < 1.29 is 13.0 Å². The molecule has 0 heterocycles. The van der Waals surface area contributed by atoms with Crippen LogP contribution in [0.4, 0.5) is 0 Å². The molecule has 0 radical (unpaired) electrons. The number of fused-ring (bicyclic) bond motifs is 1. The van der Waals surface area contributed by atoms with Gasteiger partial charge in [0, 0.05) is 0 Å². The van der Waals surface area contributed by atoms with Crippen molar-refractivity contribution >= 4 is 20.9 Å². The molecule has 0 saturated heterocycles. The molecule has 0 N–H and O–H groups in total. The first-order valence-corrected chi connectivity index (χ1v) is 6.27.